The van der Waals surface area contributed by atoms with E-state index in [-0.39, 0.29) is 22.6 Å². The van der Waals surface area contributed by atoms with Crippen LogP contribution in [-0.2, 0) is 28.8 Å². The number of benzene rings is 2. The highest BCUT2D eigenvalue weighted by Gasteiger charge is 2.64. The van der Waals surface area contributed by atoms with Crippen molar-refractivity contribution in [3.8, 4) is 5.75 Å². The lowest BCUT2D eigenvalue weighted by Gasteiger charge is -2.20. The Balaban J connectivity index is 1.38. The highest BCUT2D eigenvalue weighted by Crippen LogP contribution is 2.52. The highest BCUT2D eigenvalue weighted by molar-refractivity contribution is 7.88. The maximum absolute atomic E-state index is 14.6. The summed E-state index contributed by atoms with van der Waals surface area (Å²) in [6.07, 6.45) is 4.04. The Hall–Kier alpha value is -3.18. The number of hydrogen-bond acceptors (Lipinski definition) is 7. The molecule has 2 aromatic rings. The van der Waals surface area contributed by atoms with Crippen molar-refractivity contribution in [3.63, 3.8) is 0 Å². The molecule has 166 valence electrons. The standard InChI is InChI=1S/C21H15F2NO7S/c22-21(23,20(27)30-15-7-3-5-11-4-1-2-6-14(11)15)32(28,29)31-24-18(25)16-12-8-9-13(10-12)17(16)19(24)26/h1-9,12-13,16-17H,10H2. The number of alkyl halides is 2. The van der Waals surface area contributed by atoms with Crippen LogP contribution in [0.2, 0.25) is 0 Å². The smallest absolute Gasteiger partial charge is 0.421 e. The number of rotatable bonds is 5. The molecule has 11 heteroatoms. The van der Waals surface area contributed by atoms with E-state index >= 15 is 0 Å². The van der Waals surface area contributed by atoms with E-state index in [9.17, 15) is 31.6 Å². The second-order valence-electron chi connectivity index (χ2n) is 7.88. The van der Waals surface area contributed by atoms with Crippen LogP contribution in [0.15, 0.2) is 54.6 Å². The summed E-state index contributed by atoms with van der Waals surface area (Å²) in [5, 5.41) is -4.46. The van der Waals surface area contributed by atoms with Crippen LogP contribution in [-0.4, -0.2) is 36.5 Å². The minimum atomic E-state index is -6.07. The van der Waals surface area contributed by atoms with E-state index in [4.69, 9.17) is 0 Å². The maximum atomic E-state index is 14.6. The fourth-order valence-corrected chi connectivity index (χ4v) is 5.32. The molecule has 1 saturated heterocycles. The van der Waals surface area contributed by atoms with Gasteiger partial charge in [0, 0.05) is 5.39 Å². The topological polar surface area (TPSA) is 107 Å². The van der Waals surface area contributed by atoms with Gasteiger partial charge in [0.15, 0.2) is 0 Å². The first-order valence-electron chi connectivity index (χ1n) is 9.70. The summed E-state index contributed by atoms with van der Waals surface area (Å²) >= 11 is 0. The lowest BCUT2D eigenvalue weighted by molar-refractivity contribution is -0.170. The molecule has 2 bridgehead atoms. The zero-order valence-corrected chi connectivity index (χ0v) is 17.0. The first kappa shape index (κ1) is 20.7. The van der Waals surface area contributed by atoms with E-state index in [0.717, 1.165) is 0 Å². The molecule has 2 amide bonds. The molecule has 0 spiro atoms. The fraction of sp³-hybridized carbons (Fsp3) is 0.286. The molecule has 0 N–H and O–H groups in total. The predicted molar refractivity (Wildman–Crippen MR) is 104 cm³/mol. The molecule has 1 aliphatic heterocycles. The number of hydroxylamine groups is 2. The number of halogens is 2. The molecule has 2 aromatic carbocycles. The number of hydrogen-bond donors (Lipinski definition) is 0. The first-order valence-corrected chi connectivity index (χ1v) is 11.1. The van der Waals surface area contributed by atoms with Crippen LogP contribution >= 0.6 is 0 Å². The van der Waals surface area contributed by atoms with E-state index in [1.165, 1.54) is 18.2 Å². The molecule has 8 nitrogen and oxygen atoms in total. The lowest BCUT2D eigenvalue weighted by atomic mass is 9.85. The summed E-state index contributed by atoms with van der Waals surface area (Å²) in [6.45, 7) is 0. The normalized spacial score (nSPS) is 26.8. The van der Waals surface area contributed by atoms with Crippen LogP contribution in [0.25, 0.3) is 10.8 Å². The summed E-state index contributed by atoms with van der Waals surface area (Å²) in [5.74, 6) is -7.02. The minimum absolute atomic E-state index is 0.157. The van der Waals surface area contributed by atoms with E-state index in [0.29, 0.717) is 17.2 Å². The molecule has 3 aliphatic rings. The van der Waals surface area contributed by atoms with Gasteiger partial charge in [-0.05, 0) is 29.7 Å². The Morgan fingerprint density at radius 1 is 0.969 bits per heavy atom. The maximum Gasteiger partial charge on any atom is 0.468 e. The molecule has 0 aromatic heterocycles. The molecule has 0 radical (unpaired) electrons. The van der Waals surface area contributed by atoms with Crippen molar-refractivity contribution in [1.29, 1.82) is 0 Å². The monoisotopic (exact) mass is 463 g/mol. The summed E-state index contributed by atoms with van der Waals surface area (Å²) < 4.78 is 62.6. The largest absolute Gasteiger partial charge is 0.468 e. The average molecular weight is 463 g/mol. The molecule has 4 atom stereocenters. The van der Waals surface area contributed by atoms with Crippen molar-refractivity contribution in [2.24, 2.45) is 23.7 Å². The number of amides is 2. The van der Waals surface area contributed by atoms with Crippen molar-refractivity contribution in [2.45, 2.75) is 11.7 Å². The van der Waals surface area contributed by atoms with Gasteiger partial charge in [-0.15, -0.1) is 9.35 Å². The SMILES string of the molecule is O=C1C2C3C=CC(C3)C2C(=O)N1OS(=O)(=O)C(F)(F)C(=O)Oc1cccc2ccccc12. The summed E-state index contributed by atoms with van der Waals surface area (Å²) in [7, 11) is -6.07. The van der Waals surface area contributed by atoms with Gasteiger partial charge in [0.2, 0.25) is 0 Å². The Morgan fingerprint density at radius 3 is 2.22 bits per heavy atom. The number of nitrogens with zero attached hydrogens (tertiary/aromatic N) is 1. The van der Waals surface area contributed by atoms with Crippen LogP contribution in [0.5, 0.6) is 5.75 Å². The fourth-order valence-electron chi connectivity index (χ4n) is 4.64. The number of fused-ring (bicyclic) bond motifs is 6. The molecular weight excluding hydrogens is 448 g/mol. The van der Waals surface area contributed by atoms with Crippen LogP contribution in [0, 0.1) is 23.7 Å². The van der Waals surface area contributed by atoms with Gasteiger partial charge >= 0.3 is 21.3 Å². The number of carbonyl (C=O) groups excluding carboxylic acids is 3. The average Bonchev–Trinajstić information content (AvgIpc) is 3.44. The van der Waals surface area contributed by atoms with Crippen molar-refractivity contribution < 1.29 is 40.6 Å². The number of imide groups is 1. The third-order valence-corrected chi connectivity index (χ3v) is 7.25. The molecule has 1 heterocycles. The second-order valence-corrected chi connectivity index (χ2v) is 9.45. The third-order valence-electron chi connectivity index (χ3n) is 6.11. The van der Waals surface area contributed by atoms with E-state index in [1.54, 1.807) is 36.4 Å². The molecule has 2 aliphatic carbocycles. The Labute approximate surface area is 180 Å². The molecular formula is C21H15F2NO7S. The van der Waals surface area contributed by atoms with Gasteiger partial charge in [-0.2, -0.15) is 17.2 Å². The number of ether oxygens (including phenoxy) is 1. The zero-order chi connectivity index (χ0) is 22.8. The van der Waals surface area contributed by atoms with Gasteiger partial charge in [0.25, 0.3) is 11.8 Å². The van der Waals surface area contributed by atoms with Crippen LogP contribution in [0.1, 0.15) is 6.42 Å². The Kier molecular flexibility index (Phi) is 4.47. The number of esters is 1. The summed E-state index contributed by atoms with van der Waals surface area (Å²) in [5.41, 5.74) is 0. The molecule has 4 unspecified atom stereocenters. The molecule has 5 rings (SSSR count). The Bertz CT molecular complexity index is 1270. The van der Waals surface area contributed by atoms with Gasteiger partial charge in [0.1, 0.15) is 5.75 Å². The van der Waals surface area contributed by atoms with Gasteiger partial charge in [-0.25, -0.2) is 4.79 Å². The zero-order valence-electron chi connectivity index (χ0n) is 16.2. The summed E-state index contributed by atoms with van der Waals surface area (Å²) in [6, 6.07) is 10.7. The number of carbonyl (C=O) groups is 3. The van der Waals surface area contributed by atoms with Gasteiger partial charge < -0.3 is 4.74 Å². The van der Waals surface area contributed by atoms with Crippen LogP contribution in [0.3, 0.4) is 0 Å². The minimum Gasteiger partial charge on any atom is -0.421 e. The quantitative estimate of drug-likeness (QED) is 0.290. The summed E-state index contributed by atoms with van der Waals surface area (Å²) in [4.78, 5) is 37.2. The van der Waals surface area contributed by atoms with Crippen molar-refractivity contribution in [1.82, 2.24) is 5.06 Å². The van der Waals surface area contributed by atoms with Crippen molar-refractivity contribution in [2.75, 3.05) is 0 Å². The van der Waals surface area contributed by atoms with Gasteiger partial charge in [-0.3, -0.25) is 9.59 Å². The molecule has 32 heavy (non-hydrogen) atoms. The Morgan fingerprint density at radius 2 is 1.56 bits per heavy atom. The lowest BCUT2D eigenvalue weighted by Crippen LogP contribution is -2.46. The van der Waals surface area contributed by atoms with E-state index < -0.39 is 45.0 Å². The van der Waals surface area contributed by atoms with Crippen LogP contribution in [0.4, 0.5) is 8.78 Å². The molecule has 2 fully saturated rings. The number of allylic oxidation sites excluding steroid dienone is 2. The van der Waals surface area contributed by atoms with Crippen molar-refractivity contribution in [3.05, 3.63) is 54.6 Å². The second kappa shape index (κ2) is 6.91. The van der Waals surface area contributed by atoms with Gasteiger partial charge in [0.05, 0.1) is 11.8 Å². The third kappa shape index (κ3) is 2.88. The highest BCUT2D eigenvalue weighted by atomic mass is 32.2. The van der Waals surface area contributed by atoms with E-state index in [2.05, 4.69) is 9.02 Å². The predicted octanol–water partition coefficient (Wildman–Crippen LogP) is 2.41. The van der Waals surface area contributed by atoms with E-state index in [1.807, 2.05) is 0 Å². The molecule has 1 saturated carbocycles. The van der Waals surface area contributed by atoms with Crippen molar-refractivity contribution >= 4 is 38.7 Å². The van der Waals surface area contributed by atoms with Gasteiger partial charge in [-0.1, -0.05) is 48.6 Å². The van der Waals surface area contributed by atoms with Crippen LogP contribution < -0.4 is 4.74 Å². The first-order chi connectivity index (χ1) is 15.1.